The lowest BCUT2D eigenvalue weighted by molar-refractivity contribution is 0.0724. The van der Waals surface area contributed by atoms with Gasteiger partial charge in [0.25, 0.3) is 11.8 Å². The number of hydrogen-bond donors (Lipinski definition) is 1. The summed E-state index contributed by atoms with van der Waals surface area (Å²) in [4.78, 5) is 27.1. The SMILES string of the molecule is CC(C)c1cc(C(=O)Nc2cccc(C(=O)N3CCCCC3)c2)n(C)n1. The second kappa shape index (κ2) is 7.72. The molecule has 138 valence electrons. The Balaban J connectivity index is 1.74. The van der Waals surface area contributed by atoms with Gasteiger partial charge in [-0.15, -0.1) is 0 Å². The van der Waals surface area contributed by atoms with Gasteiger partial charge in [-0.25, -0.2) is 0 Å². The summed E-state index contributed by atoms with van der Waals surface area (Å²) in [5.41, 5.74) is 2.61. The molecule has 2 amide bonds. The van der Waals surface area contributed by atoms with E-state index in [9.17, 15) is 9.59 Å². The van der Waals surface area contributed by atoms with Crippen LogP contribution in [0.5, 0.6) is 0 Å². The van der Waals surface area contributed by atoms with Crippen LogP contribution in [0.2, 0.25) is 0 Å². The van der Waals surface area contributed by atoms with Gasteiger partial charge in [-0.05, 0) is 49.4 Å². The zero-order valence-corrected chi connectivity index (χ0v) is 15.7. The van der Waals surface area contributed by atoms with Crippen molar-refractivity contribution >= 4 is 17.5 Å². The summed E-state index contributed by atoms with van der Waals surface area (Å²) in [6, 6.07) is 8.95. The van der Waals surface area contributed by atoms with Crippen LogP contribution < -0.4 is 5.32 Å². The molecule has 1 aromatic carbocycles. The minimum Gasteiger partial charge on any atom is -0.339 e. The second-order valence-electron chi connectivity index (χ2n) is 7.12. The molecule has 1 saturated heterocycles. The smallest absolute Gasteiger partial charge is 0.273 e. The average Bonchev–Trinajstić information content (AvgIpc) is 3.04. The van der Waals surface area contributed by atoms with Crippen LogP contribution in [0.1, 0.15) is 65.6 Å². The normalized spacial score (nSPS) is 14.5. The minimum atomic E-state index is -0.227. The lowest BCUT2D eigenvalue weighted by Crippen LogP contribution is -2.35. The van der Waals surface area contributed by atoms with E-state index in [0.29, 0.717) is 16.9 Å². The Morgan fingerprint density at radius 2 is 1.85 bits per heavy atom. The van der Waals surface area contributed by atoms with Gasteiger partial charge in [-0.2, -0.15) is 5.10 Å². The van der Waals surface area contributed by atoms with Crippen molar-refractivity contribution in [2.45, 2.75) is 39.0 Å². The van der Waals surface area contributed by atoms with Crippen LogP contribution in [0, 0.1) is 0 Å². The molecule has 0 radical (unpaired) electrons. The lowest BCUT2D eigenvalue weighted by atomic mass is 10.1. The van der Waals surface area contributed by atoms with Gasteiger partial charge in [0.05, 0.1) is 5.69 Å². The van der Waals surface area contributed by atoms with E-state index in [-0.39, 0.29) is 17.7 Å². The number of aryl methyl sites for hydroxylation is 1. The van der Waals surface area contributed by atoms with E-state index in [1.165, 1.54) is 6.42 Å². The van der Waals surface area contributed by atoms with Crippen molar-refractivity contribution in [1.29, 1.82) is 0 Å². The molecule has 3 rings (SSSR count). The molecule has 0 spiro atoms. The number of benzene rings is 1. The number of nitrogens with zero attached hydrogens (tertiary/aromatic N) is 3. The maximum atomic E-state index is 12.6. The molecule has 1 aromatic heterocycles. The van der Waals surface area contributed by atoms with Crippen LogP contribution >= 0.6 is 0 Å². The van der Waals surface area contributed by atoms with Crippen LogP contribution in [-0.2, 0) is 7.05 Å². The van der Waals surface area contributed by atoms with E-state index in [1.54, 1.807) is 36.0 Å². The number of carbonyl (C=O) groups excluding carboxylic acids is 2. The number of hydrogen-bond acceptors (Lipinski definition) is 3. The van der Waals surface area contributed by atoms with Gasteiger partial charge in [0.15, 0.2) is 0 Å². The monoisotopic (exact) mass is 354 g/mol. The molecule has 0 atom stereocenters. The number of carbonyl (C=O) groups is 2. The first-order valence-corrected chi connectivity index (χ1v) is 9.20. The van der Waals surface area contributed by atoms with Crippen LogP contribution in [0.3, 0.4) is 0 Å². The van der Waals surface area contributed by atoms with Crippen LogP contribution in [0.25, 0.3) is 0 Å². The summed E-state index contributed by atoms with van der Waals surface area (Å²) < 4.78 is 1.59. The zero-order valence-electron chi connectivity index (χ0n) is 15.7. The summed E-state index contributed by atoms with van der Waals surface area (Å²) in [5, 5.41) is 7.25. The predicted molar refractivity (Wildman–Crippen MR) is 101 cm³/mol. The van der Waals surface area contributed by atoms with Crippen molar-refractivity contribution in [2.24, 2.45) is 7.05 Å². The number of piperidine rings is 1. The van der Waals surface area contributed by atoms with Crippen molar-refractivity contribution in [2.75, 3.05) is 18.4 Å². The molecule has 2 aromatic rings. The molecule has 1 N–H and O–H groups in total. The minimum absolute atomic E-state index is 0.0310. The molecular weight excluding hydrogens is 328 g/mol. The van der Waals surface area contributed by atoms with E-state index in [0.717, 1.165) is 31.6 Å². The fourth-order valence-corrected chi connectivity index (χ4v) is 3.19. The summed E-state index contributed by atoms with van der Waals surface area (Å²) >= 11 is 0. The van der Waals surface area contributed by atoms with Gasteiger partial charge < -0.3 is 10.2 Å². The molecule has 2 heterocycles. The summed E-state index contributed by atoms with van der Waals surface area (Å²) in [5.74, 6) is 0.0612. The summed E-state index contributed by atoms with van der Waals surface area (Å²) in [6.07, 6.45) is 3.30. The molecule has 26 heavy (non-hydrogen) atoms. The lowest BCUT2D eigenvalue weighted by Gasteiger charge is -2.26. The number of anilines is 1. The fraction of sp³-hybridized carbons (Fsp3) is 0.450. The molecule has 1 fully saturated rings. The molecule has 1 aliphatic heterocycles. The third-order valence-corrected chi connectivity index (χ3v) is 4.73. The van der Waals surface area contributed by atoms with Gasteiger partial charge in [0.2, 0.25) is 0 Å². The quantitative estimate of drug-likeness (QED) is 0.915. The fourth-order valence-electron chi connectivity index (χ4n) is 3.19. The average molecular weight is 354 g/mol. The van der Waals surface area contributed by atoms with Gasteiger partial charge in [0, 0.05) is 31.4 Å². The Bertz CT molecular complexity index is 804. The van der Waals surface area contributed by atoms with Crippen molar-refractivity contribution < 1.29 is 9.59 Å². The highest BCUT2D eigenvalue weighted by Crippen LogP contribution is 2.18. The Hall–Kier alpha value is -2.63. The molecule has 6 heteroatoms. The number of amides is 2. The third kappa shape index (κ3) is 3.95. The van der Waals surface area contributed by atoms with E-state index >= 15 is 0 Å². The molecule has 0 saturated carbocycles. The number of aromatic nitrogens is 2. The van der Waals surface area contributed by atoms with Crippen molar-refractivity contribution in [3.8, 4) is 0 Å². The Kier molecular flexibility index (Phi) is 5.40. The summed E-state index contributed by atoms with van der Waals surface area (Å²) in [6.45, 7) is 5.70. The first-order valence-electron chi connectivity index (χ1n) is 9.20. The standard InChI is InChI=1S/C20H26N4O2/c1-14(2)17-13-18(23(3)22-17)19(25)21-16-9-7-8-15(12-16)20(26)24-10-5-4-6-11-24/h7-9,12-14H,4-6,10-11H2,1-3H3,(H,21,25). The van der Waals surface area contributed by atoms with Crippen LogP contribution in [-0.4, -0.2) is 39.6 Å². The van der Waals surface area contributed by atoms with Crippen molar-refractivity contribution in [3.05, 3.63) is 47.3 Å². The van der Waals surface area contributed by atoms with Crippen molar-refractivity contribution in [3.63, 3.8) is 0 Å². The van der Waals surface area contributed by atoms with Crippen LogP contribution in [0.4, 0.5) is 5.69 Å². The van der Waals surface area contributed by atoms with E-state index in [2.05, 4.69) is 10.4 Å². The van der Waals surface area contributed by atoms with E-state index in [4.69, 9.17) is 0 Å². The third-order valence-electron chi connectivity index (χ3n) is 4.73. The second-order valence-corrected chi connectivity index (χ2v) is 7.12. The van der Waals surface area contributed by atoms with Gasteiger partial charge in [-0.3, -0.25) is 14.3 Å². The van der Waals surface area contributed by atoms with E-state index < -0.39 is 0 Å². The maximum Gasteiger partial charge on any atom is 0.273 e. The highest BCUT2D eigenvalue weighted by atomic mass is 16.2. The first-order chi connectivity index (χ1) is 12.5. The van der Waals surface area contributed by atoms with E-state index in [1.807, 2.05) is 24.8 Å². The first kappa shape index (κ1) is 18.2. The Morgan fingerprint density at radius 3 is 2.50 bits per heavy atom. The maximum absolute atomic E-state index is 12.6. The number of rotatable bonds is 4. The molecule has 0 aliphatic carbocycles. The summed E-state index contributed by atoms with van der Waals surface area (Å²) in [7, 11) is 1.76. The van der Waals surface area contributed by atoms with Gasteiger partial charge in [-0.1, -0.05) is 19.9 Å². The topological polar surface area (TPSA) is 67.2 Å². The van der Waals surface area contributed by atoms with Gasteiger partial charge >= 0.3 is 0 Å². The van der Waals surface area contributed by atoms with Crippen LogP contribution in [0.15, 0.2) is 30.3 Å². The molecule has 1 aliphatic rings. The highest BCUT2D eigenvalue weighted by molar-refractivity contribution is 6.04. The highest BCUT2D eigenvalue weighted by Gasteiger charge is 2.19. The molecular formula is C20H26N4O2. The Labute approximate surface area is 154 Å². The molecule has 0 bridgehead atoms. The predicted octanol–water partition coefficient (Wildman–Crippen LogP) is 3.42. The Morgan fingerprint density at radius 1 is 1.12 bits per heavy atom. The van der Waals surface area contributed by atoms with Crippen molar-refractivity contribution in [1.82, 2.24) is 14.7 Å². The largest absolute Gasteiger partial charge is 0.339 e. The molecule has 6 nitrogen and oxygen atoms in total. The zero-order chi connectivity index (χ0) is 18.7. The number of nitrogens with one attached hydrogen (secondary N) is 1. The number of likely N-dealkylation sites (tertiary alicyclic amines) is 1. The molecule has 0 unspecified atom stereocenters. The van der Waals surface area contributed by atoms with Gasteiger partial charge in [0.1, 0.15) is 5.69 Å².